The smallest absolute Gasteiger partial charge is 0.242 e. The Balaban J connectivity index is 1.89. The number of nitrogens with one attached hydrogen (secondary N) is 1. The van der Waals surface area contributed by atoms with Crippen molar-refractivity contribution in [2.24, 2.45) is 0 Å². The van der Waals surface area contributed by atoms with E-state index in [0.717, 1.165) is 10.5 Å². The fraction of sp³-hybridized carbons (Fsp3) is 0.136. The summed E-state index contributed by atoms with van der Waals surface area (Å²) >= 11 is 1.45. The van der Waals surface area contributed by atoms with Gasteiger partial charge in [-0.25, -0.2) is 0 Å². The molecule has 3 aromatic carbocycles. The number of nitrogen functional groups attached to an aromatic ring is 1. The van der Waals surface area contributed by atoms with E-state index in [-0.39, 0.29) is 5.91 Å². The summed E-state index contributed by atoms with van der Waals surface area (Å²) < 4.78 is 10.6. The minimum absolute atomic E-state index is 0.151. The van der Waals surface area contributed by atoms with Crippen molar-refractivity contribution >= 4 is 29.0 Å². The fourth-order valence-corrected chi connectivity index (χ4v) is 3.82. The van der Waals surface area contributed by atoms with Gasteiger partial charge in [0.1, 0.15) is 16.7 Å². The van der Waals surface area contributed by atoms with Crippen molar-refractivity contribution < 1.29 is 14.3 Å². The fourth-order valence-electron chi connectivity index (χ4n) is 2.72. The highest BCUT2D eigenvalue weighted by molar-refractivity contribution is 8.00. The number of thioether (sulfide) groups is 1. The summed E-state index contributed by atoms with van der Waals surface area (Å²) in [7, 11) is 3.14. The van der Waals surface area contributed by atoms with Gasteiger partial charge < -0.3 is 20.5 Å². The summed E-state index contributed by atoms with van der Waals surface area (Å²) in [6.07, 6.45) is 0. The summed E-state index contributed by atoms with van der Waals surface area (Å²) in [6.45, 7) is 0. The number of ether oxygens (including phenoxy) is 2. The molecule has 0 spiro atoms. The zero-order chi connectivity index (χ0) is 19.9. The van der Waals surface area contributed by atoms with Crippen LogP contribution in [0.5, 0.6) is 11.5 Å². The van der Waals surface area contributed by atoms with Crippen LogP contribution in [0.1, 0.15) is 10.8 Å². The van der Waals surface area contributed by atoms with E-state index < -0.39 is 5.25 Å². The minimum atomic E-state index is -0.449. The predicted octanol–water partition coefficient (Wildman–Crippen LogP) is 4.76. The normalized spacial score (nSPS) is 11.5. The van der Waals surface area contributed by atoms with Gasteiger partial charge in [0, 0.05) is 16.6 Å². The molecule has 5 nitrogen and oxygen atoms in total. The lowest BCUT2D eigenvalue weighted by Gasteiger charge is -2.18. The van der Waals surface area contributed by atoms with Crippen LogP contribution in [-0.4, -0.2) is 20.1 Å². The first-order valence-electron chi connectivity index (χ1n) is 8.70. The van der Waals surface area contributed by atoms with Crippen LogP contribution in [0.15, 0.2) is 77.7 Å². The lowest BCUT2D eigenvalue weighted by molar-refractivity contribution is -0.115. The summed E-state index contributed by atoms with van der Waals surface area (Å²) in [5.41, 5.74) is 8.05. The lowest BCUT2D eigenvalue weighted by Crippen LogP contribution is -2.19. The number of nitrogens with two attached hydrogens (primary N) is 1. The SMILES string of the molecule is COc1ccc(NC(=O)C(Sc2cccc(N)c2)c2ccccc2)c(OC)c1. The Labute approximate surface area is 168 Å². The van der Waals surface area contributed by atoms with Crippen molar-refractivity contribution in [2.45, 2.75) is 10.1 Å². The van der Waals surface area contributed by atoms with Gasteiger partial charge in [0.25, 0.3) is 0 Å². The molecular weight excluding hydrogens is 372 g/mol. The number of hydrogen-bond acceptors (Lipinski definition) is 5. The van der Waals surface area contributed by atoms with Gasteiger partial charge in [-0.1, -0.05) is 36.4 Å². The highest BCUT2D eigenvalue weighted by Gasteiger charge is 2.23. The summed E-state index contributed by atoms with van der Waals surface area (Å²) in [4.78, 5) is 14.1. The molecule has 0 aliphatic rings. The van der Waals surface area contributed by atoms with E-state index in [2.05, 4.69) is 5.32 Å². The molecule has 0 saturated heterocycles. The molecule has 0 aliphatic carbocycles. The molecular formula is C22H22N2O3S. The molecule has 1 atom stereocenters. The monoisotopic (exact) mass is 394 g/mol. The molecule has 0 radical (unpaired) electrons. The Morgan fingerprint density at radius 2 is 1.75 bits per heavy atom. The molecule has 0 fully saturated rings. The number of anilines is 2. The first-order chi connectivity index (χ1) is 13.6. The topological polar surface area (TPSA) is 73.6 Å². The number of methoxy groups -OCH3 is 2. The number of carbonyl (C=O) groups is 1. The maximum absolute atomic E-state index is 13.2. The summed E-state index contributed by atoms with van der Waals surface area (Å²) in [5.74, 6) is 1.04. The first kappa shape index (κ1) is 19.6. The van der Waals surface area contributed by atoms with Crippen molar-refractivity contribution in [1.82, 2.24) is 0 Å². The lowest BCUT2D eigenvalue weighted by atomic mass is 10.1. The Morgan fingerprint density at radius 3 is 2.43 bits per heavy atom. The molecule has 3 N–H and O–H groups in total. The minimum Gasteiger partial charge on any atom is -0.497 e. The Morgan fingerprint density at radius 1 is 0.964 bits per heavy atom. The van der Waals surface area contributed by atoms with Crippen molar-refractivity contribution in [3.8, 4) is 11.5 Å². The molecule has 0 saturated carbocycles. The van der Waals surface area contributed by atoms with Crippen LogP contribution in [-0.2, 0) is 4.79 Å². The third kappa shape index (κ3) is 4.78. The van der Waals surface area contributed by atoms with Crippen LogP contribution >= 0.6 is 11.8 Å². The zero-order valence-electron chi connectivity index (χ0n) is 15.7. The van der Waals surface area contributed by atoms with Crippen molar-refractivity contribution in [3.63, 3.8) is 0 Å². The Hall–Kier alpha value is -3.12. The second kappa shape index (κ2) is 9.19. The van der Waals surface area contributed by atoms with Crippen LogP contribution < -0.4 is 20.5 Å². The highest BCUT2D eigenvalue weighted by atomic mass is 32.2. The second-order valence-electron chi connectivity index (χ2n) is 6.04. The van der Waals surface area contributed by atoms with Crippen LogP contribution in [0.4, 0.5) is 11.4 Å². The van der Waals surface area contributed by atoms with Crippen molar-refractivity contribution in [2.75, 3.05) is 25.3 Å². The van der Waals surface area contributed by atoms with Crippen LogP contribution in [0.2, 0.25) is 0 Å². The third-order valence-corrected chi connectivity index (χ3v) is 5.37. The van der Waals surface area contributed by atoms with Gasteiger partial charge in [0.15, 0.2) is 0 Å². The Bertz CT molecular complexity index is 948. The molecule has 0 aliphatic heterocycles. The highest BCUT2D eigenvalue weighted by Crippen LogP contribution is 2.38. The second-order valence-corrected chi connectivity index (χ2v) is 7.22. The van der Waals surface area contributed by atoms with E-state index in [9.17, 15) is 4.79 Å². The molecule has 0 bridgehead atoms. The van der Waals surface area contributed by atoms with Gasteiger partial charge in [0.05, 0.1) is 19.9 Å². The predicted molar refractivity (Wildman–Crippen MR) is 114 cm³/mol. The van der Waals surface area contributed by atoms with Gasteiger partial charge >= 0.3 is 0 Å². The van der Waals surface area contributed by atoms with Crippen molar-refractivity contribution in [1.29, 1.82) is 0 Å². The van der Waals surface area contributed by atoms with Crippen molar-refractivity contribution in [3.05, 3.63) is 78.4 Å². The van der Waals surface area contributed by atoms with E-state index >= 15 is 0 Å². The molecule has 0 heterocycles. The Kier molecular flexibility index (Phi) is 6.45. The average molecular weight is 394 g/mol. The molecule has 3 aromatic rings. The largest absolute Gasteiger partial charge is 0.497 e. The number of benzene rings is 3. The van der Waals surface area contributed by atoms with Crippen LogP contribution in [0.3, 0.4) is 0 Å². The molecule has 1 unspecified atom stereocenters. The number of amides is 1. The number of hydrogen-bond donors (Lipinski definition) is 2. The van der Waals surface area contributed by atoms with Gasteiger partial charge in [-0.3, -0.25) is 4.79 Å². The molecule has 3 rings (SSSR count). The number of rotatable bonds is 7. The number of carbonyl (C=O) groups excluding carboxylic acids is 1. The zero-order valence-corrected chi connectivity index (χ0v) is 16.5. The molecule has 6 heteroatoms. The average Bonchev–Trinajstić information content (AvgIpc) is 2.73. The van der Waals surface area contributed by atoms with E-state index in [1.165, 1.54) is 11.8 Å². The van der Waals surface area contributed by atoms with Gasteiger partial charge in [0.2, 0.25) is 5.91 Å². The van der Waals surface area contributed by atoms with Gasteiger partial charge in [-0.05, 0) is 35.9 Å². The van der Waals surface area contributed by atoms with Crippen LogP contribution in [0, 0.1) is 0 Å². The molecule has 1 amide bonds. The maximum Gasteiger partial charge on any atom is 0.242 e. The van der Waals surface area contributed by atoms with Gasteiger partial charge in [-0.2, -0.15) is 0 Å². The van der Waals surface area contributed by atoms with E-state index in [1.807, 2.05) is 54.6 Å². The quantitative estimate of drug-likeness (QED) is 0.446. The van der Waals surface area contributed by atoms with E-state index in [4.69, 9.17) is 15.2 Å². The molecule has 0 aromatic heterocycles. The van der Waals surface area contributed by atoms with Crippen LogP contribution in [0.25, 0.3) is 0 Å². The third-order valence-electron chi connectivity index (χ3n) is 4.12. The maximum atomic E-state index is 13.2. The van der Waals surface area contributed by atoms with E-state index in [1.54, 1.807) is 32.4 Å². The van der Waals surface area contributed by atoms with Gasteiger partial charge in [-0.15, -0.1) is 11.8 Å². The first-order valence-corrected chi connectivity index (χ1v) is 9.58. The molecule has 144 valence electrons. The summed E-state index contributed by atoms with van der Waals surface area (Å²) in [5, 5.41) is 2.53. The molecule has 28 heavy (non-hydrogen) atoms. The summed E-state index contributed by atoms with van der Waals surface area (Å²) in [6, 6.07) is 22.4. The van der Waals surface area contributed by atoms with E-state index in [0.29, 0.717) is 22.9 Å². The standard InChI is InChI=1S/C22H22N2O3S/c1-26-17-11-12-19(20(14-17)27-2)24-22(25)21(15-7-4-3-5-8-15)28-18-10-6-9-16(23)13-18/h3-14,21H,23H2,1-2H3,(H,24,25).